The van der Waals surface area contributed by atoms with Gasteiger partial charge in [-0.05, 0) is 37.1 Å². The van der Waals surface area contributed by atoms with Gasteiger partial charge in [-0.15, -0.1) is 11.8 Å². The first-order valence-electron chi connectivity index (χ1n) is 9.04. The Hall–Kier alpha value is -1.25. The number of amides is 1. The topological polar surface area (TPSA) is 66.9 Å². The molecule has 0 unspecified atom stereocenters. The highest BCUT2D eigenvalue weighted by atomic mass is 32.2. The van der Waals surface area contributed by atoms with Gasteiger partial charge >= 0.3 is 0 Å². The van der Waals surface area contributed by atoms with Gasteiger partial charge in [-0.2, -0.15) is 4.31 Å². The Balaban J connectivity index is 1.52. The third kappa shape index (κ3) is 4.53. The normalized spacial score (nSPS) is 19.7. The zero-order valence-electron chi connectivity index (χ0n) is 15.1. The zero-order chi connectivity index (χ0) is 18.6. The number of hydrogen-bond donors (Lipinski definition) is 0. The van der Waals surface area contributed by atoms with Crippen LogP contribution in [0, 0.1) is 0 Å². The molecule has 1 aromatic carbocycles. The summed E-state index contributed by atoms with van der Waals surface area (Å²) in [5.74, 6) is 1.26. The minimum Gasteiger partial charge on any atom is -0.497 e. The molecule has 2 fully saturated rings. The van der Waals surface area contributed by atoms with Crippen LogP contribution in [0.5, 0.6) is 5.75 Å². The fourth-order valence-corrected chi connectivity index (χ4v) is 6.06. The summed E-state index contributed by atoms with van der Waals surface area (Å²) in [6, 6.07) is 6.41. The number of thioether (sulfide) groups is 1. The first kappa shape index (κ1) is 19.5. The third-order valence-corrected chi connectivity index (χ3v) is 8.30. The van der Waals surface area contributed by atoms with E-state index in [4.69, 9.17) is 4.74 Å². The van der Waals surface area contributed by atoms with E-state index in [-0.39, 0.29) is 10.8 Å². The fourth-order valence-electron chi connectivity index (χ4n) is 3.41. The lowest BCUT2D eigenvalue weighted by Crippen LogP contribution is -2.51. The van der Waals surface area contributed by atoms with Gasteiger partial charge in [-0.3, -0.25) is 4.79 Å². The molecule has 1 aliphatic carbocycles. The second kappa shape index (κ2) is 8.63. The van der Waals surface area contributed by atoms with Crippen molar-refractivity contribution in [3.8, 4) is 5.75 Å². The van der Waals surface area contributed by atoms with Gasteiger partial charge in [0.2, 0.25) is 15.9 Å². The molecule has 0 atom stereocenters. The molecule has 6 nitrogen and oxygen atoms in total. The zero-order valence-corrected chi connectivity index (χ0v) is 16.7. The summed E-state index contributed by atoms with van der Waals surface area (Å²) in [5.41, 5.74) is 0. The molecule has 0 radical (unpaired) electrons. The molecule has 1 amide bonds. The molecule has 1 saturated carbocycles. The average Bonchev–Trinajstić information content (AvgIpc) is 3.20. The Morgan fingerprint density at radius 3 is 2.31 bits per heavy atom. The van der Waals surface area contributed by atoms with Crippen molar-refractivity contribution in [3.63, 3.8) is 0 Å². The van der Waals surface area contributed by atoms with Crippen molar-refractivity contribution in [2.75, 3.05) is 39.0 Å². The van der Waals surface area contributed by atoms with Gasteiger partial charge in [-0.25, -0.2) is 8.42 Å². The highest BCUT2D eigenvalue weighted by Gasteiger charge is 2.30. The predicted molar refractivity (Wildman–Crippen MR) is 103 cm³/mol. The molecular formula is C18H26N2O4S2. The standard InChI is InChI=1S/C18H26N2O4S2/c1-24-15-6-8-17(9-7-15)26(22,23)20-12-10-19(11-13-20)18(21)14-25-16-4-2-3-5-16/h6-9,16H,2-5,10-14H2,1H3. The second-order valence-electron chi connectivity index (χ2n) is 6.68. The van der Waals surface area contributed by atoms with Gasteiger partial charge in [0.25, 0.3) is 0 Å². The molecule has 0 bridgehead atoms. The van der Waals surface area contributed by atoms with Crippen molar-refractivity contribution in [1.82, 2.24) is 9.21 Å². The van der Waals surface area contributed by atoms with Crippen molar-refractivity contribution >= 4 is 27.7 Å². The molecule has 8 heteroatoms. The van der Waals surface area contributed by atoms with Crippen molar-refractivity contribution in [2.45, 2.75) is 35.8 Å². The van der Waals surface area contributed by atoms with E-state index in [1.807, 2.05) is 0 Å². The minimum absolute atomic E-state index is 0.128. The van der Waals surface area contributed by atoms with E-state index in [9.17, 15) is 13.2 Å². The lowest BCUT2D eigenvalue weighted by molar-refractivity contribution is -0.129. The number of carbonyl (C=O) groups is 1. The van der Waals surface area contributed by atoms with Crippen LogP contribution in [0.2, 0.25) is 0 Å². The summed E-state index contributed by atoms with van der Waals surface area (Å²) < 4.78 is 32.0. The van der Waals surface area contributed by atoms with E-state index in [2.05, 4.69) is 0 Å². The molecule has 0 aromatic heterocycles. The maximum absolute atomic E-state index is 12.7. The van der Waals surface area contributed by atoms with Crippen LogP contribution in [0.1, 0.15) is 25.7 Å². The van der Waals surface area contributed by atoms with E-state index in [1.54, 1.807) is 48.0 Å². The monoisotopic (exact) mass is 398 g/mol. The molecule has 3 rings (SSSR count). The summed E-state index contributed by atoms with van der Waals surface area (Å²) >= 11 is 1.76. The van der Waals surface area contributed by atoms with Crippen LogP contribution in [-0.4, -0.2) is 67.8 Å². The quantitative estimate of drug-likeness (QED) is 0.735. The van der Waals surface area contributed by atoms with Gasteiger partial charge < -0.3 is 9.64 Å². The molecule has 1 aliphatic heterocycles. The maximum Gasteiger partial charge on any atom is 0.243 e. The Kier molecular flexibility index (Phi) is 6.47. The van der Waals surface area contributed by atoms with Crippen LogP contribution < -0.4 is 4.74 Å². The van der Waals surface area contributed by atoms with E-state index >= 15 is 0 Å². The highest BCUT2D eigenvalue weighted by molar-refractivity contribution is 8.00. The van der Waals surface area contributed by atoms with Gasteiger partial charge in [0.1, 0.15) is 5.75 Å². The Labute approximate surface area is 159 Å². The number of methoxy groups -OCH3 is 1. The second-order valence-corrected chi connectivity index (χ2v) is 9.90. The van der Waals surface area contributed by atoms with Crippen LogP contribution in [0.3, 0.4) is 0 Å². The summed E-state index contributed by atoms with van der Waals surface area (Å²) in [7, 11) is -1.98. The maximum atomic E-state index is 12.7. The molecule has 0 spiro atoms. The molecule has 144 valence electrons. The summed E-state index contributed by atoms with van der Waals surface area (Å²) in [5, 5.41) is 0.621. The first-order valence-corrected chi connectivity index (χ1v) is 11.5. The number of benzene rings is 1. The van der Waals surface area contributed by atoms with E-state index < -0.39 is 10.0 Å². The van der Waals surface area contributed by atoms with Gasteiger partial charge in [0, 0.05) is 31.4 Å². The Bertz CT molecular complexity index is 707. The van der Waals surface area contributed by atoms with E-state index in [0.717, 1.165) is 0 Å². The van der Waals surface area contributed by atoms with Crippen LogP contribution >= 0.6 is 11.8 Å². The van der Waals surface area contributed by atoms with Crippen LogP contribution in [0.15, 0.2) is 29.2 Å². The lowest BCUT2D eigenvalue weighted by Gasteiger charge is -2.34. The lowest BCUT2D eigenvalue weighted by atomic mass is 10.3. The Morgan fingerprint density at radius 2 is 1.73 bits per heavy atom. The van der Waals surface area contributed by atoms with Crippen molar-refractivity contribution < 1.29 is 17.9 Å². The summed E-state index contributed by atoms with van der Waals surface area (Å²) in [4.78, 5) is 14.4. The third-order valence-electron chi connectivity index (χ3n) is 5.03. The van der Waals surface area contributed by atoms with Crippen LogP contribution in [0.4, 0.5) is 0 Å². The molecule has 26 heavy (non-hydrogen) atoms. The SMILES string of the molecule is COc1ccc(S(=O)(=O)N2CCN(C(=O)CSC3CCCC3)CC2)cc1. The minimum atomic E-state index is -3.53. The molecule has 1 heterocycles. The smallest absolute Gasteiger partial charge is 0.243 e. The van der Waals surface area contributed by atoms with Crippen molar-refractivity contribution in [3.05, 3.63) is 24.3 Å². The van der Waals surface area contributed by atoms with Crippen LogP contribution in [-0.2, 0) is 14.8 Å². The van der Waals surface area contributed by atoms with Gasteiger partial charge in [0.15, 0.2) is 0 Å². The number of carbonyl (C=O) groups excluding carboxylic acids is 1. The number of hydrogen-bond acceptors (Lipinski definition) is 5. The van der Waals surface area contributed by atoms with Gasteiger partial charge in [0.05, 0.1) is 17.8 Å². The molecule has 1 aromatic rings. The first-order chi connectivity index (χ1) is 12.5. The number of rotatable bonds is 6. The number of ether oxygens (including phenoxy) is 1. The highest BCUT2D eigenvalue weighted by Crippen LogP contribution is 2.29. The molecular weight excluding hydrogens is 372 g/mol. The Morgan fingerprint density at radius 1 is 1.12 bits per heavy atom. The van der Waals surface area contributed by atoms with E-state index in [1.165, 1.54) is 30.0 Å². The number of nitrogens with zero attached hydrogens (tertiary/aromatic N) is 2. The largest absolute Gasteiger partial charge is 0.497 e. The average molecular weight is 399 g/mol. The van der Waals surface area contributed by atoms with Crippen molar-refractivity contribution in [2.24, 2.45) is 0 Å². The number of sulfonamides is 1. The summed E-state index contributed by atoms with van der Waals surface area (Å²) in [6.07, 6.45) is 4.97. The van der Waals surface area contributed by atoms with Gasteiger partial charge in [-0.1, -0.05) is 12.8 Å². The van der Waals surface area contributed by atoms with Crippen molar-refractivity contribution in [1.29, 1.82) is 0 Å². The molecule has 2 aliphatic rings. The molecule has 0 N–H and O–H groups in total. The predicted octanol–water partition coefficient (Wildman–Crippen LogP) is 2.20. The van der Waals surface area contributed by atoms with E-state index in [0.29, 0.717) is 42.9 Å². The fraction of sp³-hybridized carbons (Fsp3) is 0.611. The summed E-state index contributed by atoms with van der Waals surface area (Å²) in [6.45, 7) is 1.60. The van der Waals surface area contributed by atoms with Crippen LogP contribution in [0.25, 0.3) is 0 Å². The number of piperazine rings is 1. The molecule has 1 saturated heterocycles.